The van der Waals surface area contributed by atoms with E-state index in [9.17, 15) is 18.8 Å². The van der Waals surface area contributed by atoms with Crippen molar-refractivity contribution in [1.29, 1.82) is 0 Å². The number of rotatable bonds is 5. The van der Waals surface area contributed by atoms with Crippen molar-refractivity contribution in [1.82, 2.24) is 9.55 Å². The molecule has 0 saturated heterocycles. The quantitative estimate of drug-likeness (QED) is 0.431. The van der Waals surface area contributed by atoms with Gasteiger partial charge in [0, 0.05) is 15.3 Å². The minimum absolute atomic E-state index is 0.264. The fourth-order valence-corrected chi connectivity index (χ4v) is 6.76. The highest BCUT2D eigenvalue weighted by Crippen LogP contribution is 2.38. The Bertz CT molecular complexity index is 1500. The molecule has 4 aromatic rings. The number of primary amides is 1. The summed E-state index contributed by atoms with van der Waals surface area (Å²) in [6.07, 6.45) is 5.00. The van der Waals surface area contributed by atoms with Crippen molar-refractivity contribution in [2.75, 3.05) is 5.32 Å². The predicted octanol–water partition coefficient (Wildman–Crippen LogP) is 4.25. The number of hydrogen-bond donors (Lipinski definition) is 2. The number of aromatic nitrogens is 2. The first-order chi connectivity index (χ1) is 16.3. The molecule has 7 nitrogen and oxygen atoms in total. The van der Waals surface area contributed by atoms with Crippen LogP contribution in [0.2, 0.25) is 0 Å². The lowest BCUT2D eigenvalue weighted by Crippen LogP contribution is -2.28. The Labute approximate surface area is 202 Å². The van der Waals surface area contributed by atoms with E-state index in [4.69, 9.17) is 5.73 Å². The van der Waals surface area contributed by atoms with E-state index < -0.39 is 11.8 Å². The van der Waals surface area contributed by atoms with E-state index in [2.05, 4.69) is 10.3 Å². The van der Waals surface area contributed by atoms with Crippen LogP contribution in [-0.4, -0.2) is 21.4 Å². The molecule has 34 heavy (non-hydrogen) atoms. The monoisotopic (exact) mass is 496 g/mol. The molecule has 3 N–H and O–H groups in total. The van der Waals surface area contributed by atoms with Crippen LogP contribution in [0.1, 0.15) is 38.5 Å². The van der Waals surface area contributed by atoms with Crippen LogP contribution in [0.5, 0.6) is 0 Å². The molecule has 1 aliphatic rings. The first kappa shape index (κ1) is 22.4. The lowest BCUT2D eigenvalue weighted by molar-refractivity contribution is -0.116. The molecular weight excluding hydrogens is 475 g/mol. The van der Waals surface area contributed by atoms with Crippen LogP contribution in [0.25, 0.3) is 21.3 Å². The smallest absolute Gasteiger partial charge is 0.263 e. The number of aryl methyl sites for hydroxylation is 2. The Hall–Kier alpha value is -3.37. The fraction of sp³-hybridized carbons (Fsp3) is 0.250. The molecular formula is C24H21FN4O3S2. The van der Waals surface area contributed by atoms with Gasteiger partial charge >= 0.3 is 0 Å². The SMILES string of the molecule is Cc1sc2ncn(CC(=O)Nc3sc4c(c3C(N)=O)CCCC4)c(=O)c2c1-c1ccc(F)cc1. The minimum atomic E-state index is -0.562. The molecule has 174 valence electrons. The summed E-state index contributed by atoms with van der Waals surface area (Å²) in [6, 6.07) is 5.93. The zero-order valence-corrected chi connectivity index (χ0v) is 19.9. The van der Waals surface area contributed by atoms with Gasteiger partial charge in [0.25, 0.3) is 11.5 Å². The largest absolute Gasteiger partial charge is 0.365 e. The normalized spacial score (nSPS) is 13.1. The number of benzene rings is 1. The molecule has 5 rings (SSSR count). The number of amides is 2. The second-order valence-corrected chi connectivity index (χ2v) is 10.5. The average Bonchev–Trinajstić information content (AvgIpc) is 3.33. The molecule has 3 aromatic heterocycles. The van der Waals surface area contributed by atoms with Crippen molar-refractivity contribution in [3.8, 4) is 11.1 Å². The molecule has 3 heterocycles. The van der Waals surface area contributed by atoms with Gasteiger partial charge in [0.1, 0.15) is 22.2 Å². The first-order valence-electron chi connectivity index (χ1n) is 10.8. The van der Waals surface area contributed by atoms with Gasteiger partial charge in [-0.2, -0.15) is 0 Å². The van der Waals surface area contributed by atoms with Gasteiger partial charge in [0.05, 0.1) is 17.3 Å². The first-order valence-corrected chi connectivity index (χ1v) is 12.5. The molecule has 0 unspecified atom stereocenters. The molecule has 0 atom stereocenters. The van der Waals surface area contributed by atoms with Gasteiger partial charge < -0.3 is 11.1 Å². The lowest BCUT2D eigenvalue weighted by Gasteiger charge is -2.11. The number of nitrogens with two attached hydrogens (primary N) is 1. The van der Waals surface area contributed by atoms with Crippen LogP contribution >= 0.6 is 22.7 Å². The highest BCUT2D eigenvalue weighted by atomic mass is 32.1. The maximum absolute atomic E-state index is 13.4. The van der Waals surface area contributed by atoms with Gasteiger partial charge in [0.15, 0.2) is 0 Å². The number of fused-ring (bicyclic) bond motifs is 2. The van der Waals surface area contributed by atoms with Crippen LogP contribution < -0.4 is 16.6 Å². The maximum Gasteiger partial charge on any atom is 0.263 e. The van der Waals surface area contributed by atoms with E-state index >= 15 is 0 Å². The molecule has 0 saturated carbocycles. The highest BCUT2D eigenvalue weighted by Gasteiger charge is 2.25. The number of thiophene rings is 2. The Morgan fingerprint density at radius 1 is 1.18 bits per heavy atom. The van der Waals surface area contributed by atoms with E-state index in [1.54, 1.807) is 12.1 Å². The van der Waals surface area contributed by atoms with Gasteiger partial charge in [-0.1, -0.05) is 12.1 Å². The Balaban J connectivity index is 1.48. The van der Waals surface area contributed by atoms with E-state index in [1.807, 2.05) is 6.92 Å². The van der Waals surface area contributed by atoms with Crippen LogP contribution in [0.3, 0.4) is 0 Å². The summed E-state index contributed by atoms with van der Waals surface area (Å²) in [5.41, 5.74) is 7.96. The summed E-state index contributed by atoms with van der Waals surface area (Å²) in [7, 11) is 0. The third kappa shape index (κ3) is 3.92. The number of nitrogens with zero attached hydrogens (tertiary/aromatic N) is 2. The number of carbonyl (C=O) groups excluding carboxylic acids is 2. The fourth-order valence-electron chi connectivity index (χ4n) is 4.45. The van der Waals surface area contributed by atoms with Crippen LogP contribution in [-0.2, 0) is 24.2 Å². The average molecular weight is 497 g/mol. The van der Waals surface area contributed by atoms with Crippen LogP contribution in [0, 0.1) is 12.7 Å². The molecule has 1 aliphatic carbocycles. The Morgan fingerprint density at radius 3 is 2.65 bits per heavy atom. The molecule has 0 bridgehead atoms. The lowest BCUT2D eigenvalue weighted by atomic mass is 9.95. The van der Waals surface area contributed by atoms with E-state index in [0.717, 1.165) is 41.0 Å². The summed E-state index contributed by atoms with van der Waals surface area (Å²) in [5, 5.41) is 3.61. The predicted molar refractivity (Wildman–Crippen MR) is 132 cm³/mol. The second-order valence-electron chi connectivity index (χ2n) is 8.23. The van der Waals surface area contributed by atoms with Gasteiger partial charge in [0.2, 0.25) is 5.91 Å². The third-order valence-electron chi connectivity index (χ3n) is 5.97. The standard InChI is InChI=1S/C24H21FN4O3S2/c1-12-18(13-6-8-14(25)9-7-13)20-22(33-12)27-11-29(24(20)32)10-17(30)28-23-19(21(26)31)15-4-2-3-5-16(15)34-23/h6-9,11H,2-5,10H2,1H3,(H2,26,31)(H,28,30). The van der Waals surface area contributed by atoms with Crippen molar-refractivity contribution in [3.63, 3.8) is 0 Å². The van der Waals surface area contributed by atoms with E-state index in [-0.39, 0.29) is 17.9 Å². The van der Waals surface area contributed by atoms with Crippen LogP contribution in [0.4, 0.5) is 9.39 Å². The van der Waals surface area contributed by atoms with E-state index in [0.29, 0.717) is 31.9 Å². The number of nitrogens with one attached hydrogen (secondary N) is 1. The van der Waals surface area contributed by atoms with Gasteiger partial charge in [-0.15, -0.1) is 22.7 Å². The molecule has 0 spiro atoms. The number of carbonyl (C=O) groups is 2. The molecule has 2 amide bonds. The minimum Gasteiger partial charge on any atom is -0.365 e. The molecule has 0 radical (unpaired) electrons. The van der Waals surface area contributed by atoms with Crippen molar-refractivity contribution in [2.45, 2.75) is 39.2 Å². The summed E-state index contributed by atoms with van der Waals surface area (Å²) in [4.78, 5) is 45.2. The summed E-state index contributed by atoms with van der Waals surface area (Å²) >= 11 is 2.75. The van der Waals surface area contributed by atoms with Crippen molar-refractivity contribution >= 4 is 49.7 Å². The molecule has 10 heteroatoms. The van der Waals surface area contributed by atoms with Gasteiger partial charge in [-0.25, -0.2) is 9.37 Å². The molecule has 0 fully saturated rings. The third-order valence-corrected chi connectivity index (χ3v) is 8.19. The zero-order chi connectivity index (χ0) is 24.0. The number of hydrogen-bond acceptors (Lipinski definition) is 6. The Morgan fingerprint density at radius 2 is 1.91 bits per heavy atom. The number of anilines is 1. The van der Waals surface area contributed by atoms with Crippen molar-refractivity contribution in [3.05, 3.63) is 67.6 Å². The maximum atomic E-state index is 13.4. The highest BCUT2D eigenvalue weighted by molar-refractivity contribution is 7.19. The topological polar surface area (TPSA) is 107 Å². The zero-order valence-electron chi connectivity index (χ0n) is 18.3. The number of halogens is 1. The Kier molecular flexibility index (Phi) is 5.78. The second kappa shape index (κ2) is 8.77. The van der Waals surface area contributed by atoms with Crippen LogP contribution in [0.15, 0.2) is 35.4 Å². The summed E-state index contributed by atoms with van der Waals surface area (Å²) in [5.74, 6) is -1.37. The van der Waals surface area contributed by atoms with Crippen molar-refractivity contribution in [2.24, 2.45) is 5.73 Å². The molecule has 1 aromatic carbocycles. The van der Waals surface area contributed by atoms with Gasteiger partial charge in [-0.3, -0.25) is 19.0 Å². The van der Waals surface area contributed by atoms with Crippen molar-refractivity contribution < 1.29 is 14.0 Å². The van der Waals surface area contributed by atoms with E-state index in [1.165, 1.54) is 45.7 Å². The summed E-state index contributed by atoms with van der Waals surface area (Å²) < 4.78 is 14.7. The van der Waals surface area contributed by atoms with Gasteiger partial charge in [-0.05, 0) is 55.9 Å². The molecule has 0 aliphatic heterocycles. The summed E-state index contributed by atoms with van der Waals surface area (Å²) in [6.45, 7) is 1.62.